The molecule has 2 aliphatic rings. The molecule has 0 radical (unpaired) electrons. The van der Waals surface area contributed by atoms with Gasteiger partial charge in [0, 0.05) is 5.22 Å². The van der Waals surface area contributed by atoms with Gasteiger partial charge in [0.2, 0.25) is 0 Å². The molecule has 0 amide bonds. The van der Waals surface area contributed by atoms with Crippen molar-refractivity contribution in [1.82, 2.24) is 0 Å². The summed E-state index contributed by atoms with van der Waals surface area (Å²) in [5.41, 5.74) is 1.88. The first-order chi connectivity index (χ1) is 7.22. The maximum Gasteiger partial charge on any atom is 0.149 e. The lowest BCUT2D eigenvalue weighted by atomic mass is 10.2. The van der Waals surface area contributed by atoms with E-state index in [9.17, 15) is 4.39 Å². The summed E-state index contributed by atoms with van der Waals surface area (Å²) in [7, 11) is 0. The highest BCUT2D eigenvalue weighted by Gasteiger charge is 2.19. The molecule has 1 fully saturated rings. The van der Waals surface area contributed by atoms with Gasteiger partial charge in [0.1, 0.15) is 11.2 Å². The number of aryl methyl sites for hydroxylation is 1. The molecule has 1 aromatic rings. The number of nitrogens with zero attached hydrogens (tertiary/aromatic N) is 1. The van der Waals surface area contributed by atoms with Crippen molar-refractivity contribution in [3.63, 3.8) is 0 Å². The molecule has 0 atom stereocenters. The lowest BCUT2D eigenvalue weighted by Crippen LogP contribution is -2.25. The molecule has 0 aromatic heterocycles. The van der Waals surface area contributed by atoms with E-state index in [0.717, 1.165) is 16.5 Å². The van der Waals surface area contributed by atoms with Crippen LogP contribution in [0.15, 0.2) is 28.9 Å². The molecule has 0 bridgehead atoms. The van der Waals surface area contributed by atoms with Crippen LogP contribution in [0.2, 0.25) is 0 Å². The number of halogens is 1. The summed E-state index contributed by atoms with van der Waals surface area (Å²) >= 11 is 0. The van der Waals surface area contributed by atoms with Gasteiger partial charge >= 0.3 is 0 Å². The van der Waals surface area contributed by atoms with Gasteiger partial charge in [-0.15, -0.1) is 0 Å². The second kappa shape index (κ2) is 3.02. The van der Waals surface area contributed by atoms with Gasteiger partial charge in [-0.2, -0.15) is 0 Å². The van der Waals surface area contributed by atoms with E-state index in [1.165, 1.54) is 18.9 Å². The molecular formula is C13H12FN. The van der Waals surface area contributed by atoms with Gasteiger partial charge in [-0.3, -0.25) is 0 Å². The van der Waals surface area contributed by atoms with E-state index in [1.807, 2.05) is 19.1 Å². The minimum absolute atomic E-state index is 0.208. The summed E-state index contributed by atoms with van der Waals surface area (Å²) in [4.78, 5) is 4.30. The van der Waals surface area contributed by atoms with Crippen LogP contribution in [0, 0.1) is 18.7 Å². The summed E-state index contributed by atoms with van der Waals surface area (Å²) in [6.45, 7) is 1.90. The van der Waals surface area contributed by atoms with Crippen molar-refractivity contribution in [3.8, 4) is 0 Å². The standard InChI is InChI=1S/C13H12FN/c1-8-4-10-7-11(6-9-2-3-9)15-13(10)12(14)5-8/h4-7,9H,2-3H2,1H3/b11-6-. The summed E-state index contributed by atoms with van der Waals surface area (Å²) in [5, 5.41) is 1.42. The maximum absolute atomic E-state index is 13.5. The molecule has 1 aliphatic carbocycles. The lowest BCUT2D eigenvalue weighted by molar-refractivity contribution is 0.610. The Morgan fingerprint density at radius 3 is 2.93 bits per heavy atom. The monoisotopic (exact) mass is 201 g/mol. The van der Waals surface area contributed by atoms with Crippen LogP contribution in [0.1, 0.15) is 18.4 Å². The van der Waals surface area contributed by atoms with Crippen molar-refractivity contribution in [1.29, 1.82) is 0 Å². The van der Waals surface area contributed by atoms with E-state index in [-0.39, 0.29) is 5.82 Å². The first-order valence-electron chi connectivity index (χ1n) is 5.31. The zero-order chi connectivity index (χ0) is 10.4. The Morgan fingerprint density at radius 2 is 2.20 bits per heavy atom. The number of benzene rings is 1. The molecule has 1 nitrogen and oxygen atoms in total. The first kappa shape index (κ1) is 8.84. The van der Waals surface area contributed by atoms with E-state index in [4.69, 9.17) is 0 Å². The molecule has 3 rings (SSSR count). The highest BCUT2D eigenvalue weighted by Crippen LogP contribution is 2.31. The number of fused-ring (bicyclic) bond motifs is 1. The molecular weight excluding hydrogens is 189 g/mol. The van der Waals surface area contributed by atoms with Crippen LogP contribution in [-0.4, -0.2) is 0 Å². The van der Waals surface area contributed by atoms with Gasteiger partial charge in [-0.1, -0.05) is 6.08 Å². The van der Waals surface area contributed by atoms with Crippen LogP contribution in [0.5, 0.6) is 0 Å². The third kappa shape index (κ3) is 1.60. The molecule has 1 aromatic carbocycles. The van der Waals surface area contributed by atoms with Crippen molar-refractivity contribution >= 4 is 6.08 Å². The van der Waals surface area contributed by atoms with E-state index in [2.05, 4.69) is 11.1 Å². The Hall–Kier alpha value is -1.44. The van der Waals surface area contributed by atoms with E-state index in [0.29, 0.717) is 11.3 Å². The third-order valence-electron chi connectivity index (χ3n) is 2.81. The molecule has 2 heteroatoms. The van der Waals surface area contributed by atoms with Gasteiger partial charge in [-0.25, -0.2) is 9.38 Å². The van der Waals surface area contributed by atoms with Gasteiger partial charge in [0.05, 0.1) is 5.70 Å². The first-order valence-corrected chi connectivity index (χ1v) is 5.31. The second-order valence-corrected chi connectivity index (χ2v) is 4.37. The van der Waals surface area contributed by atoms with E-state index >= 15 is 0 Å². The zero-order valence-corrected chi connectivity index (χ0v) is 8.63. The van der Waals surface area contributed by atoms with Crippen molar-refractivity contribution in [2.75, 3.05) is 0 Å². The molecule has 0 saturated heterocycles. The highest BCUT2D eigenvalue weighted by molar-refractivity contribution is 5.50. The average Bonchev–Trinajstić information content (AvgIpc) is 2.85. The van der Waals surface area contributed by atoms with Gasteiger partial charge in [-0.05, 0) is 49.5 Å². The second-order valence-electron chi connectivity index (χ2n) is 4.37. The Balaban J connectivity index is 2.18. The number of rotatable bonds is 1. The van der Waals surface area contributed by atoms with Crippen LogP contribution in [-0.2, 0) is 0 Å². The fourth-order valence-corrected chi connectivity index (χ4v) is 1.90. The fraction of sp³-hybridized carbons (Fsp3) is 0.308. The smallest absolute Gasteiger partial charge is 0.149 e. The molecule has 0 spiro atoms. The van der Waals surface area contributed by atoms with Crippen molar-refractivity contribution in [2.45, 2.75) is 19.8 Å². The van der Waals surface area contributed by atoms with Crippen LogP contribution in [0.25, 0.3) is 6.08 Å². The third-order valence-corrected chi connectivity index (χ3v) is 2.81. The maximum atomic E-state index is 13.5. The van der Waals surface area contributed by atoms with Crippen LogP contribution >= 0.6 is 0 Å². The summed E-state index contributed by atoms with van der Waals surface area (Å²) in [6, 6.07) is 3.52. The Morgan fingerprint density at radius 1 is 1.40 bits per heavy atom. The Labute approximate surface area is 87.7 Å². The lowest BCUT2D eigenvalue weighted by Gasteiger charge is -1.91. The average molecular weight is 201 g/mol. The van der Waals surface area contributed by atoms with Crippen molar-refractivity contribution < 1.29 is 4.39 Å². The number of hydrogen-bond donors (Lipinski definition) is 0. The molecule has 76 valence electrons. The highest BCUT2D eigenvalue weighted by atomic mass is 19.1. The van der Waals surface area contributed by atoms with Crippen molar-refractivity contribution in [2.24, 2.45) is 10.9 Å². The fourth-order valence-electron chi connectivity index (χ4n) is 1.90. The summed E-state index contributed by atoms with van der Waals surface area (Å²) in [6.07, 6.45) is 6.63. The van der Waals surface area contributed by atoms with E-state index < -0.39 is 0 Å². The SMILES string of the molecule is Cc1cc(F)c2c(c1)=C/C(=C/C1CC1)N=2. The minimum atomic E-state index is -0.208. The van der Waals surface area contributed by atoms with Crippen LogP contribution < -0.4 is 10.6 Å². The molecule has 1 heterocycles. The Kier molecular flexibility index (Phi) is 1.78. The van der Waals surface area contributed by atoms with Gasteiger partial charge in [0.25, 0.3) is 0 Å². The Bertz CT molecular complexity index is 565. The van der Waals surface area contributed by atoms with Crippen LogP contribution in [0.4, 0.5) is 4.39 Å². The van der Waals surface area contributed by atoms with Crippen molar-refractivity contribution in [3.05, 3.63) is 45.9 Å². The largest absolute Gasteiger partial charge is 0.246 e. The molecule has 15 heavy (non-hydrogen) atoms. The molecule has 1 aliphatic heterocycles. The zero-order valence-electron chi connectivity index (χ0n) is 8.63. The predicted molar refractivity (Wildman–Crippen MR) is 57.2 cm³/mol. The van der Waals surface area contributed by atoms with Gasteiger partial charge in [0.15, 0.2) is 0 Å². The number of hydrogen-bond acceptors (Lipinski definition) is 1. The molecule has 0 N–H and O–H groups in total. The summed E-state index contributed by atoms with van der Waals surface area (Å²) in [5.74, 6) is 0.471. The quantitative estimate of drug-likeness (QED) is 0.657. The molecule has 0 unspecified atom stereocenters. The van der Waals surface area contributed by atoms with E-state index in [1.54, 1.807) is 0 Å². The summed E-state index contributed by atoms with van der Waals surface area (Å²) < 4.78 is 13.5. The minimum Gasteiger partial charge on any atom is -0.246 e. The topological polar surface area (TPSA) is 12.4 Å². The predicted octanol–water partition coefficient (Wildman–Crippen LogP) is 1.84. The van der Waals surface area contributed by atoms with Gasteiger partial charge < -0.3 is 0 Å². The number of allylic oxidation sites excluding steroid dienone is 2. The molecule has 1 saturated carbocycles. The normalized spacial score (nSPS) is 21.1. The van der Waals surface area contributed by atoms with Crippen LogP contribution in [0.3, 0.4) is 0 Å².